The van der Waals surface area contributed by atoms with Gasteiger partial charge in [0.25, 0.3) is 5.91 Å². The Hall–Kier alpha value is -2.66. The van der Waals surface area contributed by atoms with E-state index in [4.69, 9.17) is 15.5 Å². The van der Waals surface area contributed by atoms with E-state index >= 15 is 0 Å². The smallest absolute Gasteiger partial charge is 0.262 e. The van der Waals surface area contributed by atoms with Gasteiger partial charge in [-0.3, -0.25) is 9.69 Å². The summed E-state index contributed by atoms with van der Waals surface area (Å²) in [6, 6.07) is 16.9. The molecule has 2 fully saturated rings. The molecule has 34 heavy (non-hydrogen) atoms. The van der Waals surface area contributed by atoms with Gasteiger partial charge in [-0.2, -0.15) is 0 Å². The summed E-state index contributed by atoms with van der Waals surface area (Å²) in [4.78, 5) is 21.3. The molecule has 5 nitrogen and oxygen atoms in total. The molecule has 1 atom stereocenters. The van der Waals surface area contributed by atoms with Crippen LogP contribution in [0.3, 0.4) is 0 Å². The van der Waals surface area contributed by atoms with Crippen LogP contribution in [0.1, 0.15) is 67.2 Å². The predicted octanol–water partition coefficient (Wildman–Crippen LogP) is 4.71. The van der Waals surface area contributed by atoms with E-state index < -0.39 is 5.54 Å². The lowest BCUT2D eigenvalue weighted by molar-refractivity contribution is -0.138. The van der Waals surface area contributed by atoms with Crippen molar-refractivity contribution in [2.75, 3.05) is 7.11 Å². The molecule has 1 amide bonds. The number of hydrogen-bond acceptors (Lipinski definition) is 4. The number of hydrogen-bond donors (Lipinski definition) is 1. The zero-order valence-electron chi connectivity index (χ0n) is 20.1. The van der Waals surface area contributed by atoms with Gasteiger partial charge in [-0.05, 0) is 73.1 Å². The summed E-state index contributed by atoms with van der Waals surface area (Å²) in [5, 5.41) is 0. The van der Waals surface area contributed by atoms with E-state index in [9.17, 15) is 4.79 Å². The second-order valence-electron chi connectivity index (χ2n) is 10.9. The molecule has 6 rings (SSSR count). The van der Waals surface area contributed by atoms with Crippen molar-refractivity contribution >= 4 is 11.9 Å². The van der Waals surface area contributed by atoms with E-state index in [1.807, 2.05) is 30.3 Å². The van der Waals surface area contributed by atoms with Crippen LogP contribution in [0.15, 0.2) is 53.5 Å². The van der Waals surface area contributed by atoms with Gasteiger partial charge in [-0.15, -0.1) is 0 Å². The minimum atomic E-state index is -0.907. The summed E-state index contributed by atoms with van der Waals surface area (Å²) in [6.07, 6.45) is 9.99. The minimum Gasteiger partial charge on any atom is -0.381 e. The Bertz CT molecular complexity index is 1120. The minimum absolute atomic E-state index is 0.0582. The van der Waals surface area contributed by atoms with Crippen molar-refractivity contribution < 1.29 is 9.53 Å². The van der Waals surface area contributed by atoms with Gasteiger partial charge in [-0.1, -0.05) is 61.4 Å². The number of carbonyl (C=O) groups is 1. The number of nitrogens with two attached hydrogens (primary N) is 1. The van der Waals surface area contributed by atoms with Crippen molar-refractivity contribution in [1.82, 2.24) is 4.90 Å². The van der Waals surface area contributed by atoms with Crippen LogP contribution >= 0.6 is 0 Å². The third-order valence-corrected chi connectivity index (χ3v) is 8.92. The molecule has 2 aromatic rings. The molecule has 2 spiro atoms. The number of aliphatic imine (C=N–C) groups is 1. The van der Waals surface area contributed by atoms with Gasteiger partial charge >= 0.3 is 0 Å². The molecule has 0 bridgehead atoms. The molecule has 4 aliphatic rings. The second-order valence-corrected chi connectivity index (χ2v) is 10.9. The normalized spacial score (nSPS) is 30.3. The number of methoxy groups -OCH3 is 1. The van der Waals surface area contributed by atoms with E-state index in [1.54, 1.807) is 12.0 Å². The van der Waals surface area contributed by atoms with Crippen molar-refractivity contribution in [3.05, 3.63) is 70.8 Å². The first kappa shape index (κ1) is 21.8. The van der Waals surface area contributed by atoms with Crippen molar-refractivity contribution in [2.45, 2.75) is 76.0 Å². The third-order valence-electron chi connectivity index (χ3n) is 8.92. The maximum atomic E-state index is 14.4. The number of benzene rings is 2. The van der Waals surface area contributed by atoms with E-state index in [0.29, 0.717) is 12.5 Å². The third kappa shape index (κ3) is 3.39. The van der Waals surface area contributed by atoms with Crippen LogP contribution in [0.4, 0.5) is 0 Å². The van der Waals surface area contributed by atoms with Crippen LogP contribution in [0.5, 0.6) is 0 Å². The Morgan fingerprint density at radius 3 is 2.53 bits per heavy atom. The summed E-state index contributed by atoms with van der Waals surface area (Å²) < 4.78 is 5.69. The second kappa shape index (κ2) is 8.23. The maximum Gasteiger partial charge on any atom is 0.262 e. The van der Waals surface area contributed by atoms with Crippen molar-refractivity contribution in [3.8, 4) is 0 Å². The Morgan fingerprint density at radius 1 is 1.06 bits per heavy atom. The molecule has 1 unspecified atom stereocenters. The molecule has 1 aliphatic heterocycles. The molecule has 0 aromatic heterocycles. The summed E-state index contributed by atoms with van der Waals surface area (Å²) >= 11 is 0. The molecular formula is C29H35N3O2. The van der Waals surface area contributed by atoms with Crippen molar-refractivity contribution in [3.63, 3.8) is 0 Å². The highest BCUT2D eigenvalue weighted by Crippen LogP contribution is 2.62. The first-order valence-corrected chi connectivity index (χ1v) is 12.9. The number of carbonyl (C=O) groups excluding carboxylic acids is 1. The molecule has 3 aliphatic carbocycles. The van der Waals surface area contributed by atoms with Crippen molar-refractivity contribution in [2.24, 2.45) is 22.1 Å². The van der Waals surface area contributed by atoms with Gasteiger partial charge in [-0.25, -0.2) is 4.99 Å². The molecule has 2 aromatic carbocycles. The van der Waals surface area contributed by atoms with E-state index in [-0.39, 0.29) is 17.4 Å². The Labute approximate surface area is 202 Å². The largest absolute Gasteiger partial charge is 0.381 e. The number of amides is 1. The van der Waals surface area contributed by atoms with Crippen LogP contribution in [-0.4, -0.2) is 30.0 Å². The number of fused-ring (bicyclic) bond motifs is 3. The lowest BCUT2D eigenvalue weighted by Gasteiger charge is -2.45. The van der Waals surface area contributed by atoms with Gasteiger partial charge in [0, 0.05) is 12.5 Å². The maximum absolute atomic E-state index is 14.4. The number of aryl methyl sites for hydroxylation is 1. The van der Waals surface area contributed by atoms with Gasteiger partial charge in [0.15, 0.2) is 11.5 Å². The van der Waals surface area contributed by atoms with Crippen LogP contribution in [0, 0.1) is 11.3 Å². The molecule has 0 radical (unpaired) electrons. The fourth-order valence-corrected chi connectivity index (χ4v) is 6.76. The molecule has 0 saturated heterocycles. The Morgan fingerprint density at radius 2 is 1.82 bits per heavy atom. The topological polar surface area (TPSA) is 67.9 Å². The van der Waals surface area contributed by atoms with Crippen LogP contribution < -0.4 is 5.73 Å². The zero-order chi connectivity index (χ0) is 23.3. The summed E-state index contributed by atoms with van der Waals surface area (Å²) in [5.41, 5.74) is 10.2. The Balaban J connectivity index is 1.40. The first-order valence-electron chi connectivity index (χ1n) is 12.9. The molecule has 5 heteroatoms. The molecule has 1 heterocycles. The van der Waals surface area contributed by atoms with Gasteiger partial charge in [0.05, 0.1) is 12.6 Å². The molecule has 2 saturated carbocycles. The van der Waals surface area contributed by atoms with Crippen LogP contribution in [-0.2, 0) is 34.5 Å². The first-order chi connectivity index (χ1) is 16.5. The van der Waals surface area contributed by atoms with Crippen LogP contribution in [0.2, 0.25) is 0 Å². The van der Waals surface area contributed by atoms with E-state index in [0.717, 1.165) is 55.6 Å². The summed E-state index contributed by atoms with van der Waals surface area (Å²) in [6.45, 7) is 0.463. The molecule has 2 N–H and O–H groups in total. The molecule has 178 valence electrons. The predicted molar refractivity (Wildman–Crippen MR) is 133 cm³/mol. The number of nitrogens with zero attached hydrogens (tertiary/aromatic N) is 2. The lowest BCUT2D eigenvalue weighted by atomic mass is 9.61. The SMILES string of the molecule is COC1CCC2(CC1)Cc1ccc(CCC3CC3)cc1C21N=C(N)N(Cc2ccccc2)C1=O. The van der Waals surface area contributed by atoms with Crippen LogP contribution in [0.25, 0.3) is 0 Å². The van der Waals surface area contributed by atoms with Crippen molar-refractivity contribution in [1.29, 1.82) is 0 Å². The van der Waals surface area contributed by atoms with E-state index in [1.165, 1.54) is 30.4 Å². The lowest BCUT2D eigenvalue weighted by Crippen LogP contribution is -2.52. The highest BCUT2D eigenvalue weighted by Gasteiger charge is 2.66. The molecular weight excluding hydrogens is 422 g/mol. The average Bonchev–Trinajstić information content (AvgIpc) is 3.62. The fourth-order valence-electron chi connectivity index (χ4n) is 6.76. The fraction of sp³-hybridized carbons (Fsp3) is 0.517. The average molecular weight is 458 g/mol. The number of guanidine groups is 1. The summed E-state index contributed by atoms with van der Waals surface area (Å²) in [5.74, 6) is 1.31. The standard InChI is InChI=1S/C29H35N3O2/c1-34-24-13-15-28(16-14-24)18-23-12-11-21(10-9-20-7-8-20)17-25(23)29(28)26(33)32(27(30)31-29)19-22-5-3-2-4-6-22/h2-6,11-12,17,20,24H,7-10,13-16,18-19H2,1H3,(H2,30,31). The highest BCUT2D eigenvalue weighted by atomic mass is 16.5. The monoisotopic (exact) mass is 457 g/mol. The zero-order valence-corrected chi connectivity index (χ0v) is 20.1. The van der Waals surface area contributed by atoms with Gasteiger partial charge in [0.2, 0.25) is 0 Å². The van der Waals surface area contributed by atoms with Gasteiger partial charge in [0.1, 0.15) is 0 Å². The van der Waals surface area contributed by atoms with Gasteiger partial charge < -0.3 is 10.5 Å². The highest BCUT2D eigenvalue weighted by molar-refractivity contribution is 6.08. The number of rotatable bonds is 6. The summed E-state index contributed by atoms with van der Waals surface area (Å²) in [7, 11) is 1.80. The quantitative estimate of drug-likeness (QED) is 0.683. The number of ether oxygens (including phenoxy) is 1. The Kier molecular flexibility index (Phi) is 5.29. The van der Waals surface area contributed by atoms with E-state index in [2.05, 4.69) is 18.2 Å².